The van der Waals surface area contributed by atoms with Crippen LogP contribution in [0.25, 0.3) is 0 Å². The van der Waals surface area contributed by atoms with Gasteiger partial charge in [-0.25, -0.2) is 13.1 Å². The zero-order valence-electron chi connectivity index (χ0n) is 13.7. The smallest absolute Gasteiger partial charge is 0.208 e. The Kier molecular flexibility index (Phi) is 4.34. The van der Waals surface area contributed by atoms with Crippen LogP contribution >= 0.6 is 0 Å². The Balaban J connectivity index is 1.70. The molecule has 2 bridgehead atoms. The van der Waals surface area contributed by atoms with Crippen LogP contribution in [0.4, 0.5) is 0 Å². The van der Waals surface area contributed by atoms with Crippen molar-refractivity contribution in [2.45, 2.75) is 63.3 Å². The van der Waals surface area contributed by atoms with Crippen LogP contribution in [0.2, 0.25) is 0 Å². The predicted octanol–water partition coefficient (Wildman–Crippen LogP) is 3.91. The van der Waals surface area contributed by atoms with Gasteiger partial charge in [0.2, 0.25) is 10.0 Å². The van der Waals surface area contributed by atoms with E-state index < -0.39 is 10.0 Å². The third-order valence-electron chi connectivity index (χ3n) is 5.63. The molecule has 3 nitrogen and oxygen atoms in total. The van der Waals surface area contributed by atoms with Gasteiger partial charge < -0.3 is 0 Å². The van der Waals surface area contributed by atoms with Crippen molar-refractivity contribution < 1.29 is 8.42 Å². The van der Waals surface area contributed by atoms with Gasteiger partial charge in [0.25, 0.3) is 0 Å². The third-order valence-corrected chi connectivity index (χ3v) is 7.21. The topological polar surface area (TPSA) is 46.2 Å². The Bertz CT molecular complexity index is 621. The molecule has 2 aliphatic carbocycles. The second-order valence-electron chi connectivity index (χ2n) is 7.47. The quantitative estimate of drug-likeness (QED) is 0.893. The van der Waals surface area contributed by atoms with Crippen molar-refractivity contribution in [1.82, 2.24) is 4.72 Å². The molecule has 0 saturated heterocycles. The van der Waals surface area contributed by atoms with Crippen LogP contribution in [0, 0.1) is 17.8 Å². The van der Waals surface area contributed by atoms with Crippen molar-refractivity contribution >= 4 is 10.0 Å². The summed E-state index contributed by atoms with van der Waals surface area (Å²) in [5.41, 5.74) is 1.17. The summed E-state index contributed by atoms with van der Waals surface area (Å²) in [7, 11) is -3.41. The molecule has 122 valence electrons. The van der Waals surface area contributed by atoms with Crippen LogP contribution in [-0.2, 0) is 10.0 Å². The predicted molar refractivity (Wildman–Crippen MR) is 89.3 cm³/mol. The number of benzene rings is 1. The molecule has 4 unspecified atom stereocenters. The first-order chi connectivity index (χ1) is 10.4. The highest BCUT2D eigenvalue weighted by atomic mass is 32.2. The van der Waals surface area contributed by atoms with Crippen molar-refractivity contribution in [2.75, 3.05) is 0 Å². The number of hydrogen-bond acceptors (Lipinski definition) is 2. The molecule has 0 radical (unpaired) electrons. The van der Waals surface area contributed by atoms with Gasteiger partial charge in [0.15, 0.2) is 0 Å². The molecule has 3 rings (SSSR count). The molecule has 0 amide bonds. The average Bonchev–Trinajstić information content (AvgIpc) is 3.09. The fourth-order valence-corrected chi connectivity index (χ4v) is 5.63. The average molecular weight is 321 g/mol. The van der Waals surface area contributed by atoms with E-state index in [9.17, 15) is 8.42 Å². The highest BCUT2D eigenvalue weighted by Gasteiger charge is 2.42. The fourth-order valence-electron chi connectivity index (χ4n) is 4.34. The van der Waals surface area contributed by atoms with Gasteiger partial charge in [-0.2, -0.15) is 0 Å². The van der Waals surface area contributed by atoms with Crippen LogP contribution < -0.4 is 4.72 Å². The summed E-state index contributed by atoms with van der Waals surface area (Å²) in [5.74, 6) is 2.50. The molecule has 0 spiro atoms. The maximum atomic E-state index is 12.6. The molecule has 2 saturated carbocycles. The molecular formula is C18H27NO2S. The molecule has 1 N–H and O–H groups in total. The molecule has 0 aromatic heterocycles. The highest BCUT2D eigenvalue weighted by molar-refractivity contribution is 7.89. The monoisotopic (exact) mass is 321 g/mol. The van der Waals surface area contributed by atoms with E-state index in [1.54, 1.807) is 12.1 Å². The number of hydrogen-bond donors (Lipinski definition) is 1. The van der Waals surface area contributed by atoms with Crippen LogP contribution in [-0.4, -0.2) is 14.5 Å². The van der Waals surface area contributed by atoms with Crippen LogP contribution in [0.15, 0.2) is 29.2 Å². The second kappa shape index (κ2) is 5.97. The molecule has 1 aromatic carbocycles. The Morgan fingerprint density at radius 3 is 2.23 bits per heavy atom. The summed E-state index contributed by atoms with van der Waals surface area (Å²) in [6.45, 7) is 6.25. The number of sulfonamides is 1. The fraction of sp³-hybridized carbons (Fsp3) is 0.667. The number of nitrogens with one attached hydrogen (secondary N) is 1. The molecule has 2 aliphatic rings. The molecule has 4 heteroatoms. The largest absolute Gasteiger partial charge is 0.240 e. The van der Waals surface area contributed by atoms with Gasteiger partial charge in [-0.15, -0.1) is 0 Å². The van der Waals surface area contributed by atoms with Gasteiger partial charge in [-0.1, -0.05) is 32.4 Å². The minimum atomic E-state index is -3.41. The molecule has 0 heterocycles. The summed E-state index contributed by atoms with van der Waals surface area (Å²) in [5, 5.41) is 0. The first kappa shape index (κ1) is 16.0. The maximum Gasteiger partial charge on any atom is 0.240 e. The van der Waals surface area contributed by atoms with Gasteiger partial charge in [0.1, 0.15) is 0 Å². The molecule has 1 aromatic rings. The van der Waals surface area contributed by atoms with Crippen molar-refractivity contribution in [3.63, 3.8) is 0 Å². The summed E-state index contributed by atoms with van der Waals surface area (Å²) in [6.07, 6.45) is 5.13. The Morgan fingerprint density at radius 2 is 1.73 bits per heavy atom. The van der Waals surface area contributed by atoms with E-state index in [0.29, 0.717) is 16.7 Å². The van der Waals surface area contributed by atoms with Crippen LogP contribution in [0.1, 0.15) is 57.9 Å². The van der Waals surface area contributed by atoms with E-state index in [2.05, 4.69) is 18.6 Å². The molecule has 2 fully saturated rings. The van der Waals surface area contributed by atoms with Gasteiger partial charge in [-0.05, 0) is 67.6 Å². The van der Waals surface area contributed by atoms with Gasteiger partial charge in [0, 0.05) is 6.04 Å². The van der Waals surface area contributed by atoms with E-state index in [-0.39, 0.29) is 6.04 Å². The first-order valence-electron chi connectivity index (χ1n) is 8.49. The normalized spacial score (nSPS) is 29.2. The van der Waals surface area contributed by atoms with E-state index in [4.69, 9.17) is 0 Å². The molecular weight excluding hydrogens is 294 g/mol. The Labute approximate surface area is 134 Å². The van der Waals surface area contributed by atoms with Crippen molar-refractivity contribution in [3.05, 3.63) is 29.8 Å². The minimum absolute atomic E-state index is 0.0325. The zero-order chi connectivity index (χ0) is 15.9. The lowest BCUT2D eigenvalue weighted by molar-refractivity contribution is 0.280. The van der Waals surface area contributed by atoms with Gasteiger partial charge >= 0.3 is 0 Å². The van der Waals surface area contributed by atoms with Crippen LogP contribution in [0.5, 0.6) is 0 Å². The molecule has 0 aliphatic heterocycles. The lowest BCUT2D eigenvalue weighted by atomic mass is 9.84. The summed E-state index contributed by atoms with van der Waals surface area (Å²) >= 11 is 0. The van der Waals surface area contributed by atoms with Crippen LogP contribution in [0.3, 0.4) is 0 Å². The third kappa shape index (κ3) is 3.09. The SMILES string of the molecule is CC(C)c1ccc(S(=O)(=O)NC(C)C2CC3CCC2C3)cc1. The minimum Gasteiger partial charge on any atom is -0.208 e. The lowest BCUT2D eigenvalue weighted by Gasteiger charge is -2.28. The number of fused-ring (bicyclic) bond motifs is 2. The van der Waals surface area contributed by atoms with E-state index >= 15 is 0 Å². The van der Waals surface area contributed by atoms with Gasteiger partial charge in [-0.3, -0.25) is 0 Å². The summed E-state index contributed by atoms with van der Waals surface area (Å²) in [6, 6.07) is 7.32. The Morgan fingerprint density at radius 1 is 1.05 bits per heavy atom. The van der Waals surface area contributed by atoms with E-state index in [0.717, 1.165) is 11.8 Å². The zero-order valence-corrected chi connectivity index (χ0v) is 14.6. The van der Waals surface area contributed by atoms with Crippen molar-refractivity contribution in [2.24, 2.45) is 17.8 Å². The molecule has 22 heavy (non-hydrogen) atoms. The van der Waals surface area contributed by atoms with Crippen molar-refractivity contribution in [1.29, 1.82) is 0 Å². The van der Waals surface area contributed by atoms with E-state index in [1.807, 2.05) is 19.1 Å². The highest BCUT2D eigenvalue weighted by Crippen LogP contribution is 2.49. The number of rotatable bonds is 5. The summed E-state index contributed by atoms with van der Waals surface area (Å²) < 4.78 is 28.1. The standard InChI is InChI=1S/C18H27NO2S/c1-12(2)15-6-8-17(9-7-15)22(20,21)19-13(3)18-11-14-4-5-16(18)10-14/h6-9,12-14,16,18-19H,4-5,10-11H2,1-3H3. The van der Waals surface area contributed by atoms with E-state index in [1.165, 1.54) is 31.2 Å². The first-order valence-corrected chi connectivity index (χ1v) is 9.97. The Hall–Kier alpha value is -0.870. The molecule has 4 atom stereocenters. The maximum absolute atomic E-state index is 12.6. The second-order valence-corrected chi connectivity index (χ2v) is 9.19. The summed E-state index contributed by atoms with van der Waals surface area (Å²) in [4.78, 5) is 0.381. The van der Waals surface area contributed by atoms with Crippen molar-refractivity contribution in [3.8, 4) is 0 Å². The lowest BCUT2D eigenvalue weighted by Crippen LogP contribution is -2.40. The van der Waals surface area contributed by atoms with Gasteiger partial charge in [0.05, 0.1) is 4.90 Å².